The molecule has 116 valence electrons. The summed E-state index contributed by atoms with van der Waals surface area (Å²) < 4.78 is 16.5. The summed E-state index contributed by atoms with van der Waals surface area (Å²) in [5.74, 6) is -0.158. The number of hydrogen-bond donors (Lipinski definition) is 1. The Bertz CT molecular complexity index is 317. The lowest BCUT2D eigenvalue weighted by Crippen LogP contribution is -2.51. The average molecular weight is 285 g/mol. The standard InChI is InChI=1S/C15H27NO4/c1-3-8-16-15(14(17)18-2)7-6-12(10-15)20-11-13-5-4-9-19-13/h12-13,16H,3-11H2,1-2H3. The van der Waals surface area contributed by atoms with Gasteiger partial charge in [0, 0.05) is 13.0 Å². The van der Waals surface area contributed by atoms with Gasteiger partial charge in [-0.3, -0.25) is 4.79 Å². The lowest BCUT2D eigenvalue weighted by atomic mass is 9.97. The van der Waals surface area contributed by atoms with Gasteiger partial charge in [-0.1, -0.05) is 6.92 Å². The summed E-state index contributed by atoms with van der Waals surface area (Å²) in [6.07, 6.45) is 5.97. The van der Waals surface area contributed by atoms with Crippen molar-refractivity contribution in [3.8, 4) is 0 Å². The molecule has 1 N–H and O–H groups in total. The minimum atomic E-state index is -0.550. The second kappa shape index (κ2) is 7.38. The van der Waals surface area contributed by atoms with Crippen LogP contribution in [0.4, 0.5) is 0 Å². The highest BCUT2D eigenvalue weighted by atomic mass is 16.5. The average Bonchev–Trinajstić information content (AvgIpc) is 3.12. The molecule has 20 heavy (non-hydrogen) atoms. The van der Waals surface area contributed by atoms with Gasteiger partial charge in [0.05, 0.1) is 25.9 Å². The Hall–Kier alpha value is -0.650. The molecule has 0 aromatic rings. The van der Waals surface area contributed by atoms with Crippen LogP contribution in [-0.4, -0.2) is 50.6 Å². The van der Waals surface area contributed by atoms with Crippen molar-refractivity contribution in [2.24, 2.45) is 0 Å². The fourth-order valence-electron chi connectivity index (χ4n) is 3.14. The van der Waals surface area contributed by atoms with Gasteiger partial charge in [-0.25, -0.2) is 0 Å². The first kappa shape index (κ1) is 15.7. The van der Waals surface area contributed by atoms with Gasteiger partial charge in [0.1, 0.15) is 5.54 Å². The Morgan fingerprint density at radius 3 is 2.95 bits per heavy atom. The fourth-order valence-corrected chi connectivity index (χ4v) is 3.14. The van der Waals surface area contributed by atoms with Crippen LogP contribution in [0.15, 0.2) is 0 Å². The van der Waals surface area contributed by atoms with Crippen LogP contribution in [0.2, 0.25) is 0 Å². The molecule has 2 rings (SSSR count). The largest absolute Gasteiger partial charge is 0.468 e. The highest BCUT2D eigenvalue weighted by Crippen LogP contribution is 2.33. The normalized spacial score (nSPS) is 33.5. The molecule has 3 atom stereocenters. The molecule has 1 aliphatic heterocycles. The lowest BCUT2D eigenvalue weighted by molar-refractivity contribution is -0.149. The Kier molecular flexibility index (Phi) is 5.81. The van der Waals surface area contributed by atoms with Gasteiger partial charge in [0.25, 0.3) is 0 Å². The first-order valence-electron chi connectivity index (χ1n) is 7.77. The highest BCUT2D eigenvalue weighted by molar-refractivity contribution is 5.81. The summed E-state index contributed by atoms with van der Waals surface area (Å²) in [5.41, 5.74) is -0.550. The molecule has 0 bridgehead atoms. The molecule has 1 heterocycles. The monoisotopic (exact) mass is 285 g/mol. The first-order chi connectivity index (χ1) is 9.70. The fraction of sp³-hybridized carbons (Fsp3) is 0.933. The molecule has 0 spiro atoms. The van der Waals surface area contributed by atoms with Gasteiger partial charge < -0.3 is 19.5 Å². The molecule has 0 amide bonds. The minimum absolute atomic E-state index is 0.127. The van der Waals surface area contributed by atoms with Crippen LogP contribution in [0, 0.1) is 0 Å². The van der Waals surface area contributed by atoms with Crippen molar-refractivity contribution < 1.29 is 19.0 Å². The van der Waals surface area contributed by atoms with E-state index in [1.807, 2.05) is 0 Å². The second-order valence-corrected chi connectivity index (χ2v) is 5.83. The van der Waals surface area contributed by atoms with Crippen molar-refractivity contribution in [1.82, 2.24) is 5.32 Å². The van der Waals surface area contributed by atoms with Crippen molar-refractivity contribution in [1.29, 1.82) is 0 Å². The zero-order valence-corrected chi connectivity index (χ0v) is 12.7. The van der Waals surface area contributed by atoms with Crippen LogP contribution >= 0.6 is 0 Å². The van der Waals surface area contributed by atoms with Crippen molar-refractivity contribution in [3.05, 3.63) is 0 Å². The third-order valence-electron chi connectivity index (χ3n) is 4.30. The van der Waals surface area contributed by atoms with Gasteiger partial charge in [0.2, 0.25) is 0 Å². The third kappa shape index (κ3) is 3.71. The van der Waals surface area contributed by atoms with Crippen LogP contribution < -0.4 is 5.32 Å². The van der Waals surface area contributed by atoms with E-state index < -0.39 is 5.54 Å². The maximum atomic E-state index is 12.1. The van der Waals surface area contributed by atoms with E-state index in [0.717, 1.165) is 45.3 Å². The van der Waals surface area contributed by atoms with Gasteiger partial charge in [0.15, 0.2) is 0 Å². The van der Waals surface area contributed by atoms with E-state index in [0.29, 0.717) is 13.0 Å². The van der Waals surface area contributed by atoms with Gasteiger partial charge in [-0.05, 0) is 38.6 Å². The molecule has 1 saturated heterocycles. The maximum absolute atomic E-state index is 12.1. The summed E-state index contributed by atoms with van der Waals surface area (Å²) in [6.45, 7) is 4.42. The molecule has 0 aromatic carbocycles. The predicted octanol–water partition coefficient (Wildman–Crippen LogP) is 1.65. The molecule has 0 radical (unpaired) electrons. The van der Waals surface area contributed by atoms with Crippen LogP contribution in [0.3, 0.4) is 0 Å². The van der Waals surface area contributed by atoms with E-state index >= 15 is 0 Å². The quantitative estimate of drug-likeness (QED) is 0.721. The number of hydrogen-bond acceptors (Lipinski definition) is 5. The second-order valence-electron chi connectivity index (χ2n) is 5.83. The van der Waals surface area contributed by atoms with Crippen molar-refractivity contribution >= 4 is 5.97 Å². The number of nitrogens with one attached hydrogen (secondary N) is 1. The first-order valence-corrected chi connectivity index (χ1v) is 7.77. The summed E-state index contributed by atoms with van der Waals surface area (Å²) in [6, 6.07) is 0. The van der Waals surface area contributed by atoms with Crippen molar-refractivity contribution in [3.63, 3.8) is 0 Å². The molecule has 2 fully saturated rings. The topological polar surface area (TPSA) is 56.8 Å². The van der Waals surface area contributed by atoms with Crippen molar-refractivity contribution in [2.45, 2.75) is 63.2 Å². The maximum Gasteiger partial charge on any atom is 0.326 e. The molecule has 2 aliphatic rings. The molecule has 5 nitrogen and oxygen atoms in total. The number of rotatable bonds is 7. The van der Waals surface area contributed by atoms with E-state index in [1.54, 1.807) is 0 Å². The predicted molar refractivity (Wildman–Crippen MR) is 75.6 cm³/mol. The molecule has 5 heteroatoms. The minimum Gasteiger partial charge on any atom is -0.468 e. The number of ether oxygens (including phenoxy) is 3. The molecule has 1 aliphatic carbocycles. The van der Waals surface area contributed by atoms with E-state index in [1.165, 1.54) is 7.11 Å². The van der Waals surface area contributed by atoms with Crippen LogP contribution in [0.5, 0.6) is 0 Å². The van der Waals surface area contributed by atoms with Crippen LogP contribution in [0.25, 0.3) is 0 Å². The van der Waals surface area contributed by atoms with Crippen LogP contribution in [0.1, 0.15) is 45.4 Å². The zero-order chi connectivity index (χ0) is 14.4. The van der Waals surface area contributed by atoms with Gasteiger partial charge in [-0.2, -0.15) is 0 Å². The summed E-state index contributed by atoms with van der Waals surface area (Å²) in [7, 11) is 1.46. The summed E-state index contributed by atoms with van der Waals surface area (Å²) in [5, 5.41) is 3.37. The smallest absolute Gasteiger partial charge is 0.326 e. The number of esters is 1. The molecular weight excluding hydrogens is 258 g/mol. The van der Waals surface area contributed by atoms with E-state index in [2.05, 4.69) is 12.2 Å². The SMILES string of the molecule is CCCNC1(C(=O)OC)CCC(OCC2CCCO2)C1. The molecular formula is C15H27NO4. The zero-order valence-electron chi connectivity index (χ0n) is 12.7. The lowest BCUT2D eigenvalue weighted by Gasteiger charge is -2.27. The Labute approximate surface area is 121 Å². The van der Waals surface area contributed by atoms with Gasteiger partial charge in [-0.15, -0.1) is 0 Å². The number of carbonyl (C=O) groups excluding carboxylic acids is 1. The Morgan fingerprint density at radius 1 is 1.45 bits per heavy atom. The molecule has 3 unspecified atom stereocenters. The highest BCUT2D eigenvalue weighted by Gasteiger charge is 2.46. The Balaban J connectivity index is 1.84. The van der Waals surface area contributed by atoms with Gasteiger partial charge >= 0.3 is 5.97 Å². The Morgan fingerprint density at radius 2 is 2.30 bits per heavy atom. The molecule has 1 saturated carbocycles. The summed E-state index contributed by atoms with van der Waals surface area (Å²) >= 11 is 0. The van der Waals surface area contributed by atoms with E-state index in [-0.39, 0.29) is 18.2 Å². The molecule has 0 aromatic heterocycles. The van der Waals surface area contributed by atoms with E-state index in [9.17, 15) is 4.79 Å². The number of methoxy groups -OCH3 is 1. The van der Waals surface area contributed by atoms with E-state index in [4.69, 9.17) is 14.2 Å². The number of carbonyl (C=O) groups is 1. The summed E-state index contributed by atoms with van der Waals surface area (Å²) in [4.78, 5) is 12.1. The van der Waals surface area contributed by atoms with Crippen LogP contribution in [-0.2, 0) is 19.0 Å². The van der Waals surface area contributed by atoms with Crippen molar-refractivity contribution in [2.75, 3.05) is 26.9 Å². The third-order valence-corrected chi connectivity index (χ3v) is 4.30.